The third-order valence-electron chi connectivity index (χ3n) is 6.11. The van der Waals surface area contributed by atoms with E-state index >= 15 is 0 Å². The Labute approximate surface area is 207 Å². The molecule has 2 aromatic carbocycles. The molecule has 6 rings (SSSR count). The van der Waals surface area contributed by atoms with Crippen LogP contribution in [0.15, 0.2) is 96.2 Å². The van der Waals surface area contributed by atoms with Gasteiger partial charge in [-0.15, -0.1) is 0 Å². The van der Waals surface area contributed by atoms with Crippen LogP contribution in [0.4, 0.5) is 0 Å². The molecule has 4 heterocycles. The number of ether oxygens (including phenoxy) is 1. The van der Waals surface area contributed by atoms with Gasteiger partial charge in [0, 0.05) is 34.3 Å². The van der Waals surface area contributed by atoms with E-state index in [2.05, 4.69) is 38.6 Å². The summed E-state index contributed by atoms with van der Waals surface area (Å²) in [5.41, 5.74) is 13.8. The van der Waals surface area contributed by atoms with E-state index in [-0.39, 0.29) is 6.04 Å². The second kappa shape index (κ2) is 9.52. The third-order valence-corrected chi connectivity index (χ3v) is 6.11. The Morgan fingerprint density at radius 2 is 1.86 bits per heavy atom. The summed E-state index contributed by atoms with van der Waals surface area (Å²) in [6.45, 7) is 0.381. The van der Waals surface area contributed by atoms with Crippen molar-refractivity contribution in [3.8, 4) is 39.4 Å². The van der Waals surface area contributed by atoms with Gasteiger partial charge in [0.2, 0.25) is 0 Å². The zero-order valence-corrected chi connectivity index (χ0v) is 19.4. The van der Waals surface area contributed by atoms with Crippen LogP contribution in [-0.4, -0.2) is 38.0 Å². The summed E-state index contributed by atoms with van der Waals surface area (Å²) >= 11 is 0. The highest BCUT2D eigenvalue weighted by Crippen LogP contribution is 2.36. The van der Waals surface area contributed by atoms with Crippen LogP contribution in [0, 0.1) is 0 Å². The maximum absolute atomic E-state index is 6.35. The topological polar surface area (TPSA) is 119 Å². The van der Waals surface area contributed by atoms with E-state index in [1.807, 2.05) is 48.7 Å². The van der Waals surface area contributed by atoms with Crippen molar-refractivity contribution >= 4 is 10.9 Å². The number of hydrogen-bond donors (Lipinski definition) is 3. The lowest BCUT2D eigenvalue weighted by Crippen LogP contribution is -2.30. The highest BCUT2D eigenvalue weighted by atomic mass is 16.5. The number of aromatic nitrogens is 5. The molecule has 36 heavy (non-hydrogen) atoms. The molecule has 178 valence electrons. The van der Waals surface area contributed by atoms with Gasteiger partial charge >= 0.3 is 0 Å². The molecule has 4 N–H and O–H groups in total. The van der Waals surface area contributed by atoms with Gasteiger partial charge in [-0.05, 0) is 41.8 Å². The van der Waals surface area contributed by atoms with E-state index in [1.54, 1.807) is 24.9 Å². The van der Waals surface area contributed by atoms with E-state index < -0.39 is 0 Å². The van der Waals surface area contributed by atoms with Gasteiger partial charge in [0.05, 0.1) is 36.1 Å². The normalized spacial score (nSPS) is 12.1. The lowest BCUT2D eigenvalue weighted by Gasteiger charge is -2.15. The van der Waals surface area contributed by atoms with Gasteiger partial charge in [-0.1, -0.05) is 36.4 Å². The summed E-state index contributed by atoms with van der Waals surface area (Å²) in [5.74, 6) is 0.656. The van der Waals surface area contributed by atoms with E-state index in [1.165, 1.54) is 5.56 Å². The molecule has 0 aliphatic rings. The quantitative estimate of drug-likeness (QED) is 0.277. The summed E-state index contributed by atoms with van der Waals surface area (Å²) in [7, 11) is 0. The van der Waals surface area contributed by atoms with Crippen molar-refractivity contribution in [3.05, 3.63) is 97.3 Å². The van der Waals surface area contributed by atoms with Crippen molar-refractivity contribution in [1.82, 2.24) is 25.4 Å². The molecule has 8 nitrogen and oxygen atoms in total. The third kappa shape index (κ3) is 4.37. The minimum atomic E-state index is -0.135. The Kier molecular flexibility index (Phi) is 5.77. The van der Waals surface area contributed by atoms with Gasteiger partial charge in [-0.25, -0.2) is 0 Å². The van der Waals surface area contributed by atoms with Crippen LogP contribution < -0.4 is 10.5 Å². The Bertz CT molecular complexity index is 1570. The van der Waals surface area contributed by atoms with Crippen molar-refractivity contribution in [2.45, 2.75) is 12.5 Å². The van der Waals surface area contributed by atoms with Crippen molar-refractivity contribution in [2.24, 2.45) is 5.73 Å². The van der Waals surface area contributed by atoms with E-state index in [0.717, 1.165) is 51.0 Å². The van der Waals surface area contributed by atoms with E-state index in [4.69, 9.17) is 19.9 Å². The molecule has 0 amide bonds. The number of hydrogen-bond acceptors (Lipinski definition) is 6. The predicted octanol–water partition coefficient (Wildman–Crippen LogP) is 5.22. The minimum Gasteiger partial charge on any atom is -0.490 e. The molecular weight excluding hydrogens is 452 g/mol. The summed E-state index contributed by atoms with van der Waals surface area (Å²) in [4.78, 5) is 4.74. The SMILES string of the molecule is N[C@H](COc1cnc(-c2ccoc2)c(-c2ccc3[nH]nc(-c4cn[nH]c4)c3c2)c1)Cc1ccccc1. The van der Waals surface area contributed by atoms with Crippen LogP contribution in [0.3, 0.4) is 0 Å². The molecule has 0 radical (unpaired) electrons. The van der Waals surface area contributed by atoms with Crippen LogP contribution >= 0.6 is 0 Å². The van der Waals surface area contributed by atoms with Crippen molar-refractivity contribution in [1.29, 1.82) is 0 Å². The zero-order valence-electron chi connectivity index (χ0n) is 19.4. The van der Waals surface area contributed by atoms with Gasteiger partial charge in [-0.2, -0.15) is 10.2 Å². The first-order chi connectivity index (χ1) is 17.7. The molecule has 0 unspecified atom stereocenters. The number of pyridine rings is 1. The molecule has 6 aromatic rings. The number of nitrogens with one attached hydrogen (secondary N) is 2. The number of nitrogens with two attached hydrogens (primary N) is 1. The van der Waals surface area contributed by atoms with Crippen LogP contribution in [-0.2, 0) is 6.42 Å². The molecule has 0 aliphatic carbocycles. The summed E-state index contributed by atoms with van der Waals surface area (Å²) in [6, 6.07) is 20.1. The second-order valence-electron chi connectivity index (χ2n) is 8.66. The molecule has 0 spiro atoms. The fourth-order valence-electron chi connectivity index (χ4n) is 4.33. The number of nitrogens with zero attached hydrogens (tertiary/aromatic N) is 3. The van der Waals surface area contributed by atoms with Crippen LogP contribution in [0.1, 0.15) is 5.56 Å². The first-order valence-corrected chi connectivity index (χ1v) is 11.7. The lowest BCUT2D eigenvalue weighted by molar-refractivity contribution is 0.287. The first kappa shape index (κ1) is 21.8. The number of H-pyrrole nitrogens is 2. The van der Waals surface area contributed by atoms with E-state index in [9.17, 15) is 0 Å². The number of furan rings is 1. The molecule has 0 aliphatic heterocycles. The maximum Gasteiger partial charge on any atom is 0.138 e. The minimum absolute atomic E-state index is 0.135. The lowest BCUT2D eigenvalue weighted by atomic mass is 9.98. The van der Waals surface area contributed by atoms with Crippen molar-refractivity contribution < 1.29 is 9.15 Å². The summed E-state index contributed by atoms with van der Waals surface area (Å²) < 4.78 is 11.4. The highest BCUT2D eigenvalue weighted by molar-refractivity contribution is 5.96. The molecule has 4 aromatic heterocycles. The Balaban J connectivity index is 1.33. The molecule has 8 heteroatoms. The van der Waals surface area contributed by atoms with Crippen molar-refractivity contribution in [3.63, 3.8) is 0 Å². The van der Waals surface area contributed by atoms with Crippen molar-refractivity contribution in [2.75, 3.05) is 6.61 Å². The van der Waals surface area contributed by atoms with Gasteiger partial charge in [0.25, 0.3) is 0 Å². The largest absolute Gasteiger partial charge is 0.490 e. The second-order valence-corrected chi connectivity index (χ2v) is 8.66. The van der Waals surface area contributed by atoms with Crippen LogP contribution in [0.5, 0.6) is 5.75 Å². The number of rotatable bonds is 8. The zero-order chi connectivity index (χ0) is 24.3. The Morgan fingerprint density at radius 1 is 0.944 bits per heavy atom. The number of fused-ring (bicyclic) bond motifs is 1. The summed E-state index contributed by atoms with van der Waals surface area (Å²) in [6.07, 6.45) is 9.39. The van der Waals surface area contributed by atoms with Gasteiger partial charge in [0.1, 0.15) is 18.1 Å². The molecule has 1 atom stereocenters. The average molecular weight is 477 g/mol. The molecule has 0 saturated heterocycles. The van der Waals surface area contributed by atoms with Gasteiger partial charge in [0.15, 0.2) is 0 Å². The van der Waals surface area contributed by atoms with Gasteiger partial charge < -0.3 is 14.9 Å². The maximum atomic E-state index is 6.35. The Morgan fingerprint density at radius 3 is 2.67 bits per heavy atom. The molecule has 0 bridgehead atoms. The molecule has 0 saturated carbocycles. The molecule has 0 fully saturated rings. The monoisotopic (exact) mass is 476 g/mol. The fraction of sp³-hybridized carbons (Fsp3) is 0.107. The van der Waals surface area contributed by atoms with Crippen LogP contribution in [0.2, 0.25) is 0 Å². The number of benzene rings is 2. The fourth-order valence-corrected chi connectivity index (χ4v) is 4.33. The van der Waals surface area contributed by atoms with Gasteiger partial charge in [-0.3, -0.25) is 15.2 Å². The highest BCUT2D eigenvalue weighted by Gasteiger charge is 2.16. The Hall–Kier alpha value is -4.69. The van der Waals surface area contributed by atoms with Crippen LogP contribution in [0.25, 0.3) is 44.5 Å². The first-order valence-electron chi connectivity index (χ1n) is 11.7. The summed E-state index contributed by atoms with van der Waals surface area (Å²) in [5, 5.41) is 15.5. The molecular formula is C28H24N6O2. The van der Waals surface area contributed by atoms with E-state index in [0.29, 0.717) is 12.4 Å². The standard InChI is InChI=1S/C28H24N6O2/c29-22(10-18-4-2-1-3-5-18)17-36-23-12-24(27(30-15-23)20-8-9-35-16-20)19-6-7-26-25(11-19)28(34-33-26)21-13-31-32-14-21/h1-9,11-16,22H,10,17,29H2,(H,31,32)(H,33,34)/t22-/m0/s1. The number of aromatic amines is 2. The average Bonchev–Trinajstić information content (AvgIpc) is 3.69. The predicted molar refractivity (Wildman–Crippen MR) is 138 cm³/mol. The smallest absolute Gasteiger partial charge is 0.138 e.